The van der Waals surface area contributed by atoms with Gasteiger partial charge in [-0.3, -0.25) is 0 Å². The van der Waals surface area contributed by atoms with Gasteiger partial charge in [0.25, 0.3) is 0 Å². The monoisotopic (exact) mass is 229 g/mol. The van der Waals surface area contributed by atoms with E-state index in [0.29, 0.717) is 12.6 Å². The Balaban J connectivity index is 1.72. The van der Waals surface area contributed by atoms with Crippen LogP contribution in [0.1, 0.15) is 30.3 Å². The normalized spacial score (nSPS) is 19.6. The van der Waals surface area contributed by atoms with E-state index in [1.165, 1.54) is 12.0 Å². The van der Waals surface area contributed by atoms with Crippen molar-refractivity contribution in [2.45, 2.75) is 25.4 Å². The van der Waals surface area contributed by atoms with E-state index in [2.05, 4.69) is 32.9 Å². The lowest BCUT2D eigenvalue weighted by Gasteiger charge is -2.02. The Bertz CT molecular complexity index is 473. The standard InChI is InChI=1S/C12H15N5/c1-2-5-10(6-3-1)9-17-15-12(14-16-17)11-7-4-8-13-11/h1-3,5-6,11,13H,4,7-9H2. The first-order valence-corrected chi connectivity index (χ1v) is 5.97. The van der Waals surface area contributed by atoms with Crippen LogP contribution >= 0.6 is 0 Å². The predicted octanol–water partition coefficient (Wildman–Crippen LogP) is 1.15. The molecule has 0 aliphatic carbocycles. The molecular weight excluding hydrogens is 214 g/mol. The van der Waals surface area contributed by atoms with Crippen LogP contribution in [0, 0.1) is 0 Å². The fourth-order valence-electron chi connectivity index (χ4n) is 2.11. The largest absolute Gasteiger partial charge is 0.307 e. The van der Waals surface area contributed by atoms with Crippen molar-refractivity contribution < 1.29 is 0 Å². The Morgan fingerprint density at radius 1 is 1.29 bits per heavy atom. The molecule has 0 amide bonds. The quantitative estimate of drug-likeness (QED) is 0.857. The Morgan fingerprint density at radius 2 is 2.18 bits per heavy atom. The summed E-state index contributed by atoms with van der Waals surface area (Å²) in [4.78, 5) is 1.66. The molecule has 1 unspecified atom stereocenters. The molecule has 1 atom stereocenters. The highest BCUT2D eigenvalue weighted by Gasteiger charge is 2.20. The van der Waals surface area contributed by atoms with Crippen molar-refractivity contribution in [3.8, 4) is 0 Å². The van der Waals surface area contributed by atoms with Crippen molar-refractivity contribution in [1.82, 2.24) is 25.5 Å². The van der Waals surface area contributed by atoms with E-state index in [1.54, 1.807) is 4.80 Å². The van der Waals surface area contributed by atoms with Crippen molar-refractivity contribution in [1.29, 1.82) is 0 Å². The molecule has 5 nitrogen and oxygen atoms in total. The first kappa shape index (κ1) is 10.4. The van der Waals surface area contributed by atoms with Crippen molar-refractivity contribution in [2.24, 2.45) is 0 Å². The fraction of sp³-hybridized carbons (Fsp3) is 0.417. The van der Waals surface area contributed by atoms with Crippen LogP contribution in [0.2, 0.25) is 0 Å². The SMILES string of the molecule is c1ccc(Cn2nnc(C3CCCN3)n2)cc1. The summed E-state index contributed by atoms with van der Waals surface area (Å²) in [5.41, 5.74) is 1.19. The van der Waals surface area contributed by atoms with Gasteiger partial charge in [-0.15, -0.1) is 10.2 Å². The zero-order chi connectivity index (χ0) is 11.5. The maximum Gasteiger partial charge on any atom is 0.191 e. The third kappa shape index (κ3) is 2.34. The van der Waals surface area contributed by atoms with E-state index < -0.39 is 0 Å². The lowest BCUT2D eigenvalue weighted by molar-refractivity contribution is 0.557. The van der Waals surface area contributed by atoms with E-state index in [0.717, 1.165) is 18.8 Å². The Hall–Kier alpha value is -1.75. The summed E-state index contributed by atoms with van der Waals surface area (Å²) in [5.74, 6) is 0.818. The molecule has 1 aromatic carbocycles. The molecule has 1 aromatic heterocycles. The minimum absolute atomic E-state index is 0.291. The maximum absolute atomic E-state index is 4.42. The molecule has 1 aliphatic rings. The van der Waals surface area contributed by atoms with Gasteiger partial charge in [0, 0.05) is 0 Å². The lowest BCUT2D eigenvalue weighted by Crippen LogP contribution is -2.14. The number of hydrogen-bond acceptors (Lipinski definition) is 4. The summed E-state index contributed by atoms with van der Waals surface area (Å²) in [6, 6.07) is 10.5. The number of nitrogens with one attached hydrogen (secondary N) is 1. The van der Waals surface area contributed by atoms with Gasteiger partial charge in [0.05, 0.1) is 12.6 Å². The van der Waals surface area contributed by atoms with Crippen molar-refractivity contribution in [2.75, 3.05) is 6.54 Å². The van der Waals surface area contributed by atoms with Gasteiger partial charge in [0.2, 0.25) is 0 Å². The van der Waals surface area contributed by atoms with Crippen LogP contribution in [0.5, 0.6) is 0 Å². The molecule has 1 fully saturated rings. The van der Waals surface area contributed by atoms with Gasteiger partial charge in [-0.25, -0.2) is 0 Å². The Labute approximate surface area is 99.8 Å². The molecule has 1 aliphatic heterocycles. The van der Waals surface area contributed by atoms with Crippen LogP contribution < -0.4 is 5.32 Å². The molecule has 2 aromatic rings. The summed E-state index contributed by atoms with van der Waals surface area (Å²) >= 11 is 0. The van der Waals surface area contributed by atoms with E-state index in [9.17, 15) is 0 Å². The third-order valence-electron chi connectivity index (χ3n) is 3.01. The molecule has 17 heavy (non-hydrogen) atoms. The molecule has 0 bridgehead atoms. The first-order chi connectivity index (χ1) is 8.42. The highest BCUT2D eigenvalue weighted by molar-refractivity contribution is 5.14. The molecule has 0 spiro atoms. The maximum atomic E-state index is 4.42. The van der Waals surface area contributed by atoms with Gasteiger partial charge in [-0.1, -0.05) is 30.3 Å². The Morgan fingerprint density at radius 3 is 2.94 bits per heavy atom. The molecule has 5 heteroatoms. The molecule has 1 N–H and O–H groups in total. The second kappa shape index (κ2) is 4.63. The number of rotatable bonds is 3. The van der Waals surface area contributed by atoms with Crippen LogP contribution in [0.3, 0.4) is 0 Å². The average Bonchev–Trinajstić information content (AvgIpc) is 3.00. The Kier molecular flexibility index (Phi) is 2.83. The predicted molar refractivity (Wildman–Crippen MR) is 63.3 cm³/mol. The summed E-state index contributed by atoms with van der Waals surface area (Å²) in [7, 11) is 0. The van der Waals surface area contributed by atoms with Gasteiger partial charge in [0.15, 0.2) is 5.82 Å². The van der Waals surface area contributed by atoms with Crippen LogP contribution in [0.4, 0.5) is 0 Å². The lowest BCUT2D eigenvalue weighted by atomic mass is 10.2. The topological polar surface area (TPSA) is 55.6 Å². The van der Waals surface area contributed by atoms with Gasteiger partial charge in [0.1, 0.15) is 0 Å². The minimum Gasteiger partial charge on any atom is -0.307 e. The number of nitrogens with zero attached hydrogens (tertiary/aromatic N) is 4. The van der Waals surface area contributed by atoms with Gasteiger partial charge in [-0.2, -0.15) is 4.80 Å². The average molecular weight is 229 g/mol. The number of hydrogen-bond donors (Lipinski definition) is 1. The summed E-state index contributed by atoms with van der Waals surface area (Å²) in [6.45, 7) is 1.73. The fourth-order valence-corrected chi connectivity index (χ4v) is 2.11. The van der Waals surface area contributed by atoms with E-state index in [4.69, 9.17) is 0 Å². The smallest absolute Gasteiger partial charge is 0.191 e. The van der Waals surface area contributed by atoms with E-state index >= 15 is 0 Å². The summed E-state index contributed by atoms with van der Waals surface area (Å²) < 4.78 is 0. The van der Waals surface area contributed by atoms with Crippen molar-refractivity contribution >= 4 is 0 Å². The van der Waals surface area contributed by atoms with Crippen LogP contribution in [-0.4, -0.2) is 26.8 Å². The highest BCUT2D eigenvalue weighted by Crippen LogP contribution is 2.18. The van der Waals surface area contributed by atoms with Crippen LogP contribution in [0.25, 0.3) is 0 Å². The van der Waals surface area contributed by atoms with Gasteiger partial charge in [-0.05, 0) is 30.2 Å². The van der Waals surface area contributed by atoms with Crippen LogP contribution in [0.15, 0.2) is 30.3 Å². The van der Waals surface area contributed by atoms with Crippen LogP contribution in [-0.2, 0) is 6.54 Å². The number of tetrazole rings is 1. The van der Waals surface area contributed by atoms with Gasteiger partial charge < -0.3 is 5.32 Å². The molecule has 3 rings (SSSR count). The van der Waals surface area contributed by atoms with E-state index in [-0.39, 0.29) is 0 Å². The molecular formula is C12H15N5. The first-order valence-electron chi connectivity index (χ1n) is 5.97. The van der Waals surface area contributed by atoms with Crippen molar-refractivity contribution in [3.63, 3.8) is 0 Å². The second-order valence-corrected chi connectivity index (χ2v) is 4.31. The molecule has 0 radical (unpaired) electrons. The van der Waals surface area contributed by atoms with Crippen molar-refractivity contribution in [3.05, 3.63) is 41.7 Å². The zero-order valence-corrected chi connectivity index (χ0v) is 9.58. The minimum atomic E-state index is 0.291. The molecule has 0 saturated carbocycles. The summed E-state index contributed by atoms with van der Waals surface area (Å²) in [6.07, 6.45) is 2.30. The van der Waals surface area contributed by atoms with Gasteiger partial charge >= 0.3 is 0 Å². The number of aromatic nitrogens is 4. The molecule has 88 valence electrons. The zero-order valence-electron chi connectivity index (χ0n) is 9.58. The highest BCUT2D eigenvalue weighted by atomic mass is 15.6. The second-order valence-electron chi connectivity index (χ2n) is 4.31. The summed E-state index contributed by atoms with van der Waals surface area (Å²) in [5, 5.41) is 16.0. The van der Waals surface area contributed by atoms with E-state index in [1.807, 2.05) is 18.2 Å². The number of benzene rings is 1. The third-order valence-corrected chi connectivity index (χ3v) is 3.01. The molecule has 1 saturated heterocycles. The molecule has 2 heterocycles.